The lowest BCUT2D eigenvalue weighted by molar-refractivity contribution is -0.125. The summed E-state index contributed by atoms with van der Waals surface area (Å²) in [4.78, 5) is 24.7. The first-order chi connectivity index (χ1) is 23.9. The van der Waals surface area contributed by atoms with Gasteiger partial charge in [0.05, 0.1) is 16.5 Å². The number of hydrogen-bond donors (Lipinski definition) is 3. The Morgan fingerprint density at radius 1 is 0.642 bits per heavy atom. The molecule has 3 N–H and O–H groups in total. The zero-order chi connectivity index (χ0) is 37.4. The molecule has 0 bridgehead atoms. The number of carbonyl (C=O) groups is 2. The van der Waals surface area contributed by atoms with Gasteiger partial charge in [-0.25, -0.2) is 0 Å². The first kappa shape index (κ1) is 44.9. The molecule has 6 heteroatoms. The van der Waals surface area contributed by atoms with E-state index in [2.05, 4.69) is 55.8 Å². The van der Waals surface area contributed by atoms with Crippen LogP contribution < -0.4 is 0 Å². The monoisotopic (exact) mass is 803 g/mol. The number of hydrogen-bond acceptors (Lipinski definition) is 5. The zero-order valence-corrected chi connectivity index (χ0v) is 34.9. The van der Waals surface area contributed by atoms with Crippen molar-refractivity contribution in [2.45, 2.75) is 177 Å². The van der Waals surface area contributed by atoms with Gasteiger partial charge in [-0.3, -0.25) is 9.59 Å². The van der Waals surface area contributed by atoms with Gasteiger partial charge in [0.25, 0.3) is 0 Å². The summed E-state index contributed by atoms with van der Waals surface area (Å²) < 4.78 is 0. The predicted octanol–water partition coefficient (Wildman–Crippen LogP) is 11.1. The van der Waals surface area contributed by atoms with Gasteiger partial charge in [0.15, 0.2) is 0 Å². The summed E-state index contributed by atoms with van der Waals surface area (Å²) in [6.07, 6.45) is 23.0. The quantitative estimate of drug-likeness (QED) is 0.195. The van der Waals surface area contributed by atoms with Gasteiger partial charge in [-0.1, -0.05) is 81.8 Å². The van der Waals surface area contributed by atoms with Crippen LogP contribution in [0.5, 0.6) is 0 Å². The van der Waals surface area contributed by atoms with E-state index in [1.807, 2.05) is 13.8 Å². The lowest BCUT2D eigenvalue weighted by Gasteiger charge is -2.58. The molecule has 5 nitrogen and oxygen atoms in total. The highest BCUT2D eigenvalue weighted by molar-refractivity contribution is 9.09. The normalized spacial score (nSPS) is 48.9. The molecule has 304 valence electrons. The highest BCUT2D eigenvalue weighted by atomic mass is 79.9. The molecule has 0 heterocycles. The van der Waals surface area contributed by atoms with Crippen LogP contribution >= 0.6 is 15.9 Å². The van der Waals surface area contributed by atoms with Gasteiger partial charge >= 0.3 is 0 Å². The number of fused-ring (bicyclic) bond motifs is 10. The van der Waals surface area contributed by atoms with E-state index in [9.17, 15) is 19.8 Å². The van der Waals surface area contributed by atoms with Gasteiger partial charge in [0, 0.05) is 18.9 Å². The Hall–Kier alpha value is -0.820. The maximum absolute atomic E-state index is 12.5. The van der Waals surface area contributed by atoms with E-state index in [-0.39, 0.29) is 42.9 Å². The average Bonchev–Trinajstić information content (AvgIpc) is 3.63. The summed E-state index contributed by atoms with van der Waals surface area (Å²) in [7, 11) is 1.00. The third-order valence-electron chi connectivity index (χ3n) is 17.6. The van der Waals surface area contributed by atoms with Crippen molar-refractivity contribution < 1.29 is 24.9 Å². The second-order valence-corrected chi connectivity index (χ2v) is 21.0. The summed E-state index contributed by atoms with van der Waals surface area (Å²) in [5.74, 6) is 5.36. The fourth-order valence-corrected chi connectivity index (χ4v) is 15.1. The minimum absolute atomic E-state index is 0. The molecule has 0 aliphatic heterocycles. The number of aliphatic hydroxyl groups excluding tert-OH is 1. The van der Waals surface area contributed by atoms with Gasteiger partial charge in [0.1, 0.15) is 11.6 Å². The summed E-state index contributed by atoms with van der Waals surface area (Å²) in [5.41, 5.74) is 3.42. The largest absolute Gasteiger partial charge is 0.400 e. The van der Waals surface area contributed by atoms with E-state index in [4.69, 9.17) is 5.11 Å². The predicted molar refractivity (Wildman–Crippen MR) is 223 cm³/mol. The number of alkyl halides is 1. The standard InChI is InChI=1S/C22H33BrO2.C22H34O2.CH4O.2CH4/c1-20(25)10-11-21(2)14(12-20)4-5-15-16-6-7-18(19(24)13-23)22(16,3)9-8-17(15)21;1-14(23)17-7-8-18-16-6-5-15-13-20(2,24)11-12-21(15,3)19(16)9-10-22(17,18)4;1-2;;/h8,14-16,18,25H,4-7,9-13H2,1-3H3;9,15-18,24H,5-8,10-13H2,1-4H3;2H,1H3;2*1H4/t14-,15-,16-,18+,20+,21-,22-;15-,16-,17+,18-,20+,21-,22+;;;/m00.../s1. The Morgan fingerprint density at radius 3 is 1.43 bits per heavy atom. The third-order valence-corrected chi connectivity index (χ3v) is 18.2. The van der Waals surface area contributed by atoms with E-state index in [1.54, 1.807) is 18.1 Å². The van der Waals surface area contributed by atoms with Gasteiger partial charge in [-0.05, 0) is 181 Å². The van der Waals surface area contributed by atoms with Crippen molar-refractivity contribution in [2.24, 2.45) is 69.0 Å². The molecular weight excluding hydrogens is 724 g/mol. The van der Waals surface area contributed by atoms with Gasteiger partial charge in [0.2, 0.25) is 0 Å². The molecule has 8 aliphatic rings. The molecule has 6 saturated carbocycles. The second-order valence-electron chi connectivity index (χ2n) is 20.4. The van der Waals surface area contributed by atoms with Crippen molar-refractivity contribution in [1.29, 1.82) is 0 Å². The van der Waals surface area contributed by atoms with Crippen molar-refractivity contribution in [1.82, 2.24) is 0 Å². The van der Waals surface area contributed by atoms with Crippen molar-refractivity contribution in [3.8, 4) is 0 Å². The Kier molecular flexibility index (Phi) is 13.4. The maximum atomic E-state index is 12.5. The van der Waals surface area contributed by atoms with E-state index < -0.39 is 11.2 Å². The van der Waals surface area contributed by atoms with Crippen LogP contribution in [0.25, 0.3) is 0 Å². The van der Waals surface area contributed by atoms with Crippen molar-refractivity contribution in [3.63, 3.8) is 0 Å². The Labute approximate surface area is 333 Å². The molecule has 14 atom stereocenters. The van der Waals surface area contributed by atoms with Crippen LogP contribution in [0.15, 0.2) is 23.3 Å². The first-order valence-corrected chi connectivity index (χ1v) is 21.9. The molecule has 0 amide bonds. The molecule has 0 aromatic heterocycles. The summed E-state index contributed by atoms with van der Waals surface area (Å²) >= 11 is 3.41. The van der Waals surface area contributed by atoms with Crippen LogP contribution in [0.2, 0.25) is 0 Å². The molecule has 0 aromatic carbocycles. The van der Waals surface area contributed by atoms with E-state index in [1.165, 1.54) is 38.5 Å². The van der Waals surface area contributed by atoms with Crippen LogP contribution in [-0.2, 0) is 9.59 Å². The fraction of sp³-hybridized carbons (Fsp3) is 0.872. The molecule has 53 heavy (non-hydrogen) atoms. The molecule has 8 aliphatic carbocycles. The molecule has 0 unspecified atom stereocenters. The number of rotatable bonds is 3. The average molecular weight is 804 g/mol. The fourth-order valence-electron chi connectivity index (χ4n) is 14.7. The summed E-state index contributed by atoms with van der Waals surface area (Å²) in [6.45, 7) is 15.6. The Bertz CT molecular complexity index is 1410. The number of ketones is 2. The lowest BCUT2D eigenvalue weighted by atomic mass is 9.47. The van der Waals surface area contributed by atoms with Crippen molar-refractivity contribution >= 4 is 27.5 Å². The molecular formula is C47H79BrO5. The van der Waals surface area contributed by atoms with Crippen LogP contribution in [0.3, 0.4) is 0 Å². The highest BCUT2D eigenvalue weighted by Crippen LogP contribution is 2.68. The topological polar surface area (TPSA) is 94.8 Å². The smallest absolute Gasteiger partial charge is 0.147 e. The van der Waals surface area contributed by atoms with Crippen LogP contribution in [0.4, 0.5) is 0 Å². The van der Waals surface area contributed by atoms with Gasteiger partial charge in [-0.2, -0.15) is 0 Å². The SMILES string of the molecule is C.C.CC(=O)[C@H]1CC[C@H]2[C@@H]3CC[C@H]4C[C@](C)(O)CC[C@]4(C)C3=CC[C@]12C.CO.C[C@@]1(O)CC[C@]2(C)C3=CC[C@]4(C)[C@@H](C(=O)CBr)CC[C@H]4[C@@H]3CC[C@H]2C1. The zero-order valence-electron chi connectivity index (χ0n) is 33.3. The maximum Gasteiger partial charge on any atom is 0.147 e. The molecule has 0 spiro atoms. The summed E-state index contributed by atoms with van der Waals surface area (Å²) in [6, 6.07) is 0. The second kappa shape index (κ2) is 15.8. The van der Waals surface area contributed by atoms with Crippen LogP contribution in [0.1, 0.15) is 166 Å². The number of aliphatic hydroxyl groups is 3. The minimum Gasteiger partial charge on any atom is -0.400 e. The number of halogens is 1. The number of carbonyl (C=O) groups excluding carboxylic acids is 2. The molecule has 0 aromatic rings. The highest BCUT2D eigenvalue weighted by Gasteiger charge is 2.60. The minimum atomic E-state index is -0.471. The Morgan fingerprint density at radius 2 is 1.04 bits per heavy atom. The van der Waals surface area contributed by atoms with E-state index in [0.29, 0.717) is 57.8 Å². The van der Waals surface area contributed by atoms with Crippen LogP contribution in [-0.4, -0.2) is 50.5 Å². The van der Waals surface area contributed by atoms with Crippen LogP contribution in [0, 0.1) is 69.0 Å². The van der Waals surface area contributed by atoms with Crippen molar-refractivity contribution in [2.75, 3.05) is 12.4 Å². The first-order valence-electron chi connectivity index (χ1n) is 20.8. The van der Waals surface area contributed by atoms with Gasteiger partial charge < -0.3 is 15.3 Å². The molecule has 8 rings (SSSR count). The number of Topliss-reactive ketones (excluding diaryl/α,β-unsaturated/α-hetero) is 2. The Balaban J connectivity index is 0.000000218. The molecule has 6 fully saturated rings. The van der Waals surface area contributed by atoms with E-state index in [0.717, 1.165) is 71.3 Å². The summed E-state index contributed by atoms with van der Waals surface area (Å²) in [5, 5.41) is 28.6. The third kappa shape index (κ3) is 7.42. The molecule has 0 saturated heterocycles. The lowest BCUT2D eigenvalue weighted by Crippen LogP contribution is -2.51. The molecule has 0 radical (unpaired) electrons. The van der Waals surface area contributed by atoms with E-state index >= 15 is 0 Å². The van der Waals surface area contributed by atoms with Crippen molar-refractivity contribution in [3.05, 3.63) is 23.3 Å². The number of allylic oxidation sites excluding steroid dienone is 4. The van der Waals surface area contributed by atoms with Gasteiger partial charge in [-0.15, -0.1) is 0 Å².